The second-order valence-corrected chi connectivity index (χ2v) is 8.53. The fraction of sp³-hybridized carbons (Fsp3) is 0.333. The van der Waals surface area contributed by atoms with Gasteiger partial charge < -0.3 is 0 Å². The number of benzene rings is 2. The third-order valence-corrected chi connectivity index (χ3v) is 6.18. The van der Waals surface area contributed by atoms with Gasteiger partial charge in [0.25, 0.3) is 0 Å². The average molecular weight is 351 g/mol. The van der Waals surface area contributed by atoms with Gasteiger partial charge in [0, 0.05) is 4.57 Å². The van der Waals surface area contributed by atoms with Gasteiger partial charge in [0.05, 0.1) is 0 Å². The van der Waals surface area contributed by atoms with Crippen molar-refractivity contribution in [3.05, 3.63) is 64.7 Å². The Morgan fingerprint density at radius 1 is 1.00 bits per heavy atom. The smallest absolute Gasteiger partial charge is 0.134 e. The van der Waals surface area contributed by atoms with Gasteiger partial charge in [0.2, 0.25) is 0 Å². The van der Waals surface area contributed by atoms with Crippen LogP contribution in [-0.2, 0) is 10.7 Å². The van der Waals surface area contributed by atoms with Gasteiger partial charge in [-0.1, -0.05) is 62.9 Å². The van der Waals surface area contributed by atoms with Gasteiger partial charge in [-0.3, -0.25) is 0 Å². The number of hydrogen-bond acceptors (Lipinski definition) is 1. The highest BCUT2D eigenvalue weighted by Gasteiger charge is 2.12. The van der Waals surface area contributed by atoms with E-state index in [0.717, 1.165) is 0 Å². The van der Waals surface area contributed by atoms with E-state index in [1.165, 1.54) is 34.3 Å². The summed E-state index contributed by atoms with van der Waals surface area (Å²) in [5.74, 6) is 0. The second-order valence-electron chi connectivity index (χ2n) is 5.48. The lowest BCUT2D eigenvalue weighted by molar-refractivity contribution is 0.405. The molecule has 2 aromatic carbocycles. The molecule has 0 saturated heterocycles. The summed E-state index contributed by atoms with van der Waals surface area (Å²) < 4.78 is 8.70. The summed E-state index contributed by atoms with van der Waals surface area (Å²) in [5.41, 5.74) is 5.84. The Labute approximate surface area is 141 Å². The van der Waals surface area contributed by atoms with Crippen LogP contribution in [0.3, 0.4) is 0 Å². The first-order chi connectivity index (χ1) is 10.8. The molecule has 0 heterocycles. The van der Waals surface area contributed by atoms with Crippen molar-refractivity contribution in [2.45, 2.75) is 33.9 Å². The first kappa shape index (κ1) is 19.9. The van der Waals surface area contributed by atoms with E-state index in [-0.39, 0.29) is 7.92 Å². The molecule has 2 rings (SSSR count). The van der Waals surface area contributed by atoms with Gasteiger partial charge in [0.15, 0.2) is 0 Å². The van der Waals surface area contributed by atoms with E-state index in [9.17, 15) is 0 Å². The molecule has 3 nitrogen and oxygen atoms in total. The molecule has 0 radical (unpaired) electrons. The minimum atomic E-state index is -2.87. The van der Waals surface area contributed by atoms with Gasteiger partial charge in [-0.2, -0.15) is 0 Å². The predicted molar refractivity (Wildman–Crippen MR) is 99.9 cm³/mol. The second kappa shape index (κ2) is 9.90. The van der Waals surface area contributed by atoms with Crippen LogP contribution in [0.25, 0.3) is 0 Å². The van der Waals surface area contributed by atoms with Crippen molar-refractivity contribution in [2.75, 3.05) is 6.16 Å². The molecule has 23 heavy (non-hydrogen) atoms. The highest BCUT2D eigenvalue weighted by Crippen LogP contribution is 2.39. The Balaban J connectivity index is 0.000000593. The van der Waals surface area contributed by atoms with E-state index < -0.39 is 8.25 Å². The molecule has 1 atom stereocenters. The van der Waals surface area contributed by atoms with Crippen molar-refractivity contribution in [1.82, 2.24) is 0 Å². The summed E-state index contributed by atoms with van der Waals surface area (Å²) in [7, 11) is -2.94. The van der Waals surface area contributed by atoms with Crippen LogP contribution in [0.2, 0.25) is 0 Å². The Morgan fingerprint density at radius 3 is 1.91 bits per heavy atom. The largest absolute Gasteiger partial charge is 0.692 e. The topological polar surface area (TPSA) is 57.5 Å². The zero-order chi connectivity index (χ0) is 17.4. The summed E-state index contributed by atoms with van der Waals surface area (Å²) in [6.45, 7) is 9.01. The molecule has 1 unspecified atom stereocenters. The third kappa shape index (κ3) is 6.89. The molecule has 2 N–H and O–H groups in total. The maximum atomic E-state index is 8.70. The molecule has 0 aliphatic rings. The van der Waals surface area contributed by atoms with Crippen LogP contribution in [0.4, 0.5) is 0 Å². The fourth-order valence-electron chi connectivity index (χ4n) is 2.67. The van der Waals surface area contributed by atoms with Crippen molar-refractivity contribution >= 4 is 21.5 Å². The van der Waals surface area contributed by atoms with Crippen molar-refractivity contribution in [2.24, 2.45) is 0 Å². The first-order valence-corrected chi connectivity index (χ1v) is 10.4. The van der Waals surface area contributed by atoms with E-state index >= 15 is 0 Å². The first-order valence-electron chi connectivity index (χ1n) is 7.56. The van der Waals surface area contributed by atoms with Crippen LogP contribution in [0.5, 0.6) is 0 Å². The summed E-state index contributed by atoms with van der Waals surface area (Å²) >= 11 is 0. The maximum Gasteiger partial charge on any atom is 0.692 e. The molecular formula is C18H25O3P2+. The van der Waals surface area contributed by atoms with Crippen LogP contribution in [0.15, 0.2) is 42.5 Å². The van der Waals surface area contributed by atoms with Gasteiger partial charge in [-0.25, -0.2) is 0 Å². The third-order valence-electron chi connectivity index (χ3n) is 3.69. The van der Waals surface area contributed by atoms with E-state index in [1.54, 1.807) is 5.56 Å². The lowest BCUT2D eigenvalue weighted by atomic mass is 10.0. The zero-order valence-electron chi connectivity index (χ0n) is 14.2. The minimum absolute atomic E-state index is 0.0719. The molecule has 0 aliphatic heterocycles. The molecule has 0 spiro atoms. The summed E-state index contributed by atoms with van der Waals surface area (Å²) in [5, 5.41) is 1.53. The van der Waals surface area contributed by atoms with E-state index in [2.05, 4.69) is 70.2 Å². The average Bonchev–Trinajstić information content (AvgIpc) is 2.47. The monoisotopic (exact) mass is 351 g/mol. The Bertz CT molecular complexity index is 615. The quantitative estimate of drug-likeness (QED) is 0.794. The summed E-state index contributed by atoms with van der Waals surface area (Å²) in [6.07, 6.45) is 2.47. The molecule has 0 amide bonds. The van der Waals surface area contributed by atoms with Crippen LogP contribution in [0.1, 0.15) is 29.2 Å². The maximum absolute atomic E-state index is 8.70. The Morgan fingerprint density at radius 2 is 1.48 bits per heavy atom. The van der Waals surface area contributed by atoms with E-state index in [4.69, 9.17) is 14.4 Å². The van der Waals surface area contributed by atoms with Crippen LogP contribution in [0, 0.1) is 20.8 Å². The zero-order valence-corrected chi connectivity index (χ0v) is 15.9. The van der Waals surface area contributed by atoms with Gasteiger partial charge in [-0.15, -0.1) is 9.79 Å². The van der Waals surface area contributed by atoms with Crippen molar-refractivity contribution in [1.29, 1.82) is 0 Å². The molecule has 0 fully saturated rings. The Kier molecular flexibility index (Phi) is 8.58. The SMILES string of the molecule is CCP(Cc1c(C)cc(C)cc1C)c1ccccc1.O=[P+](O)O. The highest BCUT2D eigenvalue weighted by atomic mass is 31.1. The van der Waals surface area contributed by atoms with Crippen LogP contribution >= 0.6 is 16.2 Å². The van der Waals surface area contributed by atoms with Gasteiger partial charge in [-0.05, 0) is 55.1 Å². The predicted octanol–water partition coefficient (Wildman–Crippen LogP) is 4.57. The van der Waals surface area contributed by atoms with E-state index in [1.807, 2.05) is 0 Å². The standard InChI is InChI=1S/C18H23P.HO3P/c1-5-19(17-9-7-6-8-10-17)13-18-15(3)11-14(2)12-16(18)4;1-4(2)3/h6-12H,5,13H2,1-4H3;(H-,1,2,3)/p+1. The van der Waals surface area contributed by atoms with Crippen LogP contribution < -0.4 is 5.30 Å². The molecule has 0 aliphatic carbocycles. The van der Waals surface area contributed by atoms with Gasteiger partial charge >= 0.3 is 8.25 Å². The Hall–Kier alpha value is -1.11. The normalized spacial score (nSPS) is 11.4. The molecule has 0 bridgehead atoms. The lowest BCUT2D eigenvalue weighted by Crippen LogP contribution is -2.05. The van der Waals surface area contributed by atoms with Crippen molar-refractivity contribution in [3.63, 3.8) is 0 Å². The molecular weight excluding hydrogens is 326 g/mol. The van der Waals surface area contributed by atoms with Crippen molar-refractivity contribution in [3.8, 4) is 0 Å². The van der Waals surface area contributed by atoms with Crippen LogP contribution in [-0.4, -0.2) is 15.9 Å². The molecule has 124 valence electrons. The van der Waals surface area contributed by atoms with Gasteiger partial charge in [0.1, 0.15) is 0 Å². The molecule has 0 saturated carbocycles. The molecule has 5 heteroatoms. The minimum Gasteiger partial charge on any atom is -0.134 e. The fourth-order valence-corrected chi connectivity index (χ4v) is 4.92. The van der Waals surface area contributed by atoms with Crippen molar-refractivity contribution < 1.29 is 14.4 Å². The molecule has 0 aromatic heterocycles. The number of aryl methyl sites for hydroxylation is 3. The number of rotatable bonds is 4. The number of hydrogen-bond donors (Lipinski definition) is 2. The summed E-state index contributed by atoms with van der Waals surface area (Å²) in [4.78, 5) is 14.2. The lowest BCUT2D eigenvalue weighted by Gasteiger charge is -2.19. The highest BCUT2D eigenvalue weighted by molar-refractivity contribution is 7.64. The van der Waals surface area contributed by atoms with E-state index in [0.29, 0.717) is 0 Å². The summed E-state index contributed by atoms with van der Waals surface area (Å²) in [6, 6.07) is 15.6. The molecule has 2 aromatic rings.